The van der Waals surface area contributed by atoms with Gasteiger partial charge < -0.3 is 9.84 Å². The van der Waals surface area contributed by atoms with Crippen LogP contribution >= 0.6 is 0 Å². The molecule has 0 spiro atoms. The number of hydrogen-bond acceptors (Lipinski definition) is 5. The number of rotatable bonds is 3. The molecule has 0 aliphatic carbocycles. The predicted octanol–water partition coefficient (Wildman–Crippen LogP) is 2.37. The molecule has 0 aliphatic heterocycles. The van der Waals surface area contributed by atoms with Crippen molar-refractivity contribution in [3.63, 3.8) is 0 Å². The van der Waals surface area contributed by atoms with E-state index in [9.17, 15) is 14.7 Å². The minimum Gasteiger partial charge on any atom is -0.507 e. The fourth-order valence-corrected chi connectivity index (χ4v) is 1.31. The number of nitrogens with zero attached hydrogens (tertiary/aromatic N) is 1. The summed E-state index contributed by atoms with van der Waals surface area (Å²) in [7, 11) is 0. The van der Waals surface area contributed by atoms with E-state index >= 15 is 0 Å². The molecule has 0 aliphatic rings. The summed E-state index contributed by atoms with van der Waals surface area (Å²) in [6.45, 7) is 4.92. The first-order chi connectivity index (χ1) is 9.23. The third-order valence-corrected chi connectivity index (χ3v) is 2.18. The lowest BCUT2D eigenvalue weighted by Gasteiger charge is -2.18. The Kier molecular flexibility index (Phi) is 4.65. The van der Waals surface area contributed by atoms with Crippen molar-refractivity contribution in [2.45, 2.75) is 26.4 Å². The number of esters is 1. The molecule has 0 atom stereocenters. The fraction of sp³-hybridized carbons (Fsp3) is 0.267. The molecule has 0 heterocycles. The zero-order valence-corrected chi connectivity index (χ0v) is 11.5. The number of carbonyl (C=O) groups is 2. The van der Waals surface area contributed by atoms with Gasteiger partial charge >= 0.3 is 5.97 Å². The van der Waals surface area contributed by atoms with Crippen LogP contribution in [0.5, 0.6) is 0 Å². The van der Waals surface area contributed by atoms with Crippen molar-refractivity contribution in [2.24, 2.45) is 0 Å². The summed E-state index contributed by atoms with van der Waals surface area (Å²) < 4.78 is 4.89. The van der Waals surface area contributed by atoms with Crippen LogP contribution in [0, 0.1) is 11.3 Å². The van der Waals surface area contributed by atoms with Crippen LogP contribution in [-0.4, -0.2) is 22.5 Å². The second-order valence-corrected chi connectivity index (χ2v) is 5.08. The number of ketones is 1. The number of aliphatic hydroxyl groups is 1. The van der Waals surface area contributed by atoms with Crippen LogP contribution < -0.4 is 0 Å². The number of aliphatic hydroxyl groups excluding tert-OH is 1. The number of carbonyl (C=O) groups excluding carboxylic acids is 2. The third-order valence-electron chi connectivity index (χ3n) is 2.18. The van der Waals surface area contributed by atoms with Crippen LogP contribution in [-0.2, 0) is 14.3 Å². The van der Waals surface area contributed by atoms with Crippen molar-refractivity contribution in [3.05, 3.63) is 41.5 Å². The Bertz CT molecular complexity index is 586. The van der Waals surface area contributed by atoms with Gasteiger partial charge in [-0.2, -0.15) is 5.26 Å². The molecule has 104 valence electrons. The normalized spacial score (nSPS) is 11.6. The SMILES string of the molecule is CC(C)(C)OC(=O)C(=O)/C=C(\O)c1ccc(C#N)cc1. The predicted molar refractivity (Wildman–Crippen MR) is 72.6 cm³/mol. The average molecular weight is 273 g/mol. The maximum atomic E-state index is 11.6. The molecule has 1 aromatic carbocycles. The van der Waals surface area contributed by atoms with Gasteiger partial charge in [0.15, 0.2) is 0 Å². The van der Waals surface area contributed by atoms with Gasteiger partial charge in [-0.15, -0.1) is 0 Å². The number of benzene rings is 1. The van der Waals surface area contributed by atoms with E-state index in [0.717, 1.165) is 6.08 Å². The van der Waals surface area contributed by atoms with Crippen LogP contribution in [0.25, 0.3) is 5.76 Å². The Hall–Kier alpha value is -2.61. The van der Waals surface area contributed by atoms with Crippen LogP contribution in [0.3, 0.4) is 0 Å². The zero-order valence-electron chi connectivity index (χ0n) is 11.5. The second-order valence-electron chi connectivity index (χ2n) is 5.08. The zero-order chi connectivity index (χ0) is 15.3. The molecule has 1 N–H and O–H groups in total. The Labute approximate surface area is 117 Å². The molecule has 0 bridgehead atoms. The topological polar surface area (TPSA) is 87.4 Å². The lowest BCUT2D eigenvalue weighted by Crippen LogP contribution is -2.28. The first-order valence-electron chi connectivity index (χ1n) is 5.91. The van der Waals surface area contributed by atoms with E-state index in [-0.39, 0.29) is 5.76 Å². The summed E-state index contributed by atoms with van der Waals surface area (Å²) in [6, 6.07) is 7.89. The minimum absolute atomic E-state index is 0.334. The van der Waals surface area contributed by atoms with Gasteiger partial charge in [0.25, 0.3) is 5.78 Å². The highest BCUT2D eigenvalue weighted by atomic mass is 16.6. The van der Waals surface area contributed by atoms with Gasteiger partial charge in [0, 0.05) is 11.6 Å². The van der Waals surface area contributed by atoms with Gasteiger partial charge in [-0.25, -0.2) is 4.79 Å². The summed E-state index contributed by atoms with van der Waals surface area (Å²) in [5.41, 5.74) is -0.00842. The van der Waals surface area contributed by atoms with Crippen molar-refractivity contribution in [1.82, 2.24) is 0 Å². The standard InChI is InChI=1S/C15H15NO4/c1-15(2,3)20-14(19)13(18)8-12(17)11-6-4-10(9-16)5-7-11/h4-8,17H,1-3H3/b12-8-. The monoisotopic (exact) mass is 273 g/mol. The van der Waals surface area contributed by atoms with Crippen LogP contribution in [0.2, 0.25) is 0 Å². The van der Waals surface area contributed by atoms with Gasteiger partial charge in [0.05, 0.1) is 11.6 Å². The molecule has 5 heteroatoms. The van der Waals surface area contributed by atoms with E-state index in [1.807, 2.05) is 6.07 Å². The Balaban J connectivity index is 2.85. The van der Waals surface area contributed by atoms with Gasteiger partial charge in [0.2, 0.25) is 0 Å². The number of nitriles is 1. The number of hydrogen-bond donors (Lipinski definition) is 1. The quantitative estimate of drug-likeness (QED) is 0.395. The van der Waals surface area contributed by atoms with Crippen molar-refractivity contribution < 1.29 is 19.4 Å². The fourth-order valence-electron chi connectivity index (χ4n) is 1.31. The molecule has 0 fully saturated rings. The largest absolute Gasteiger partial charge is 0.507 e. The number of ether oxygens (including phenoxy) is 1. The van der Waals surface area contributed by atoms with E-state index in [2.05, 4.69) is 0 Å². The van der Waals surface area contributed by atoms with Crippen LogP contribution in [0.4, 0.5) is 0 Å². The smallest absolute Gasteiger partial charge is 0.379 e. The molecule has 1 rings (SSSR count). The van der Waals surface area contributed by atoms with Crippen molar-refractivity contribution in [3.8, 4) is 6.07 Å². The van der Waals surface area contributed by atoms with Crippen molar-refractivity contribution >= 4 is 17.5 Å². The maximum Gasteiger partial charge on any atom is 0.379 e. The van der Waals surface area contributed by atoms with E-state index in [0.29, 0.717) is 11.1 Å². The van der Waals surface area contributed by atoms with Crippen LogP contribution in [0.15, 0.2) is 30.3 Å². The summed E-state index contributed by atoms with van der Waals surface area (Å²) >= 11 is 0. The molecule has 0 aromatic heterocycles. The maximum absolute atomic E-state index is 11.6. The lowest BCUT2D eigenvalue weighted by atomic mass is 10.1. The van der Waals surface area contributed by atoms with Gasteiger partial charge in [-0.05, 0) is 45.0 Å². The minimum atomic E-state index is -1.03. The highest BCUT2D eigenvalue weighted by Gasteiger charge is 2.21. The summed E-state index contributed by atoms with van der Waals surface area (Å²) in [4.78, 5) is 23.0. The molecule has 1 aromatic rings. The average Bonchev–Trinajstić information content (AvgIpc) is 2.36. The van der Waals surface area contributed by atoms with E-state index in [4.69, 9.17) is 10.00 Å². The Morgan fingerprint density at radius 2 is 1.80 bits per heavy atom. The van der Waals surface area contributed by atoms with Crippen molar-refractivity contribution in [2.75, 3.05) is 0 Å². The molecule has 0 unspecified atom stereocenters. The van der Waals surface area contributed by atoms with Gasteiger partial charge in [-0.3, -0.25) is 4.79 Å². The van der Waals surface area contributed by atoms with Gasteiger partial charge in [0.1, 0.15) is 11.4 Å². The first kappa shape index (κ1) is 15.4. The summed E-state index contributed by atoms with van der Waals surface area (Å²) in [6.07, 6.45) is 0.801. The molecule has 0 amide bonds. The molecule has 0 saturated heterocycles. The molecule has 20 heavy (non-hydrogen) atoms. The van der Waals surface area contributed by atoms with Crippen molar-refractivity contribution in [1.29, 1.82) is 5.26 Å². The molecule has 5 nitrogen and oxygen atoms in total. The molecular weight excluding hydrogens is 258 g/mol. The summed E-state index contributed by atoms with van der Waals surface area (Å²) in [5.74, 6) is -2.33. The molecule has 0 saturated carbocycles. The first-order valence-corrected chi connectivity index (χ1v) is 5.91. The van der Waals surface area contributed by atoms with Gasteiger partial charge in [-0.1, -0.05) is 0 Å². The molecular formula is C15H15NO4. The Morgan fingerprint density at radius 1 is 1.25 bits per heavy atom. The Morgan fingerprint density at radius 3 is 2.25 bits per heavy atom. The highest BCUT2D eigenvalue weighted by Crippen LogP contribution is 2.13. The third kappa shape index (κ3) is 4.58. The highest BCUT2D eigenvalue weighted by molar-refractivity contribution is 6.39. The second kappa shape index (κ2) is 6.02. The molecule has 0 radical (unpaired) electrons. The summed E-state index contributed by atoms with van der Waals surface area (Å²) in [5, 5.41) is 18.4. The van der Waals surface area contributed by atoms with Crippen LogP contribution in [0.1, 0.15) is 31.9 Å². The lowest BCUT2D eigenvalue weighted by molar-refractivity contribution is -0.160. The van der Waals surface area contributed by atoms with E-state index in [1.54, 1.807) is 20.8 Å². The van der Waals surface area contributed by atoms with E-state index in [1.165, 1.54) is 24.3 Å². The van der Waals surface area contributed by atoms with E-state index < -0.39 is 17.4 Å².